The van der Waals surface area contributed by atoms with Crippen molar-refractivity contribution in [3.05, 3.63) is 35.9 Å². The topological polar surface area (TPSA) is 15.3 Å². The quantitative estimate of drug-likeness (QED) is 0.897. The first-order valence-electron chi connectivity index (χ1n) is 8.70. The number of rotatable bonds is 2. The highest BCUT2D eigenvalue weighted by Crippen LogP contribution is 2.50. The number of likely N-dealkylation sites (N-methyl/N-ethyl adjacent to an activating group) is 1. The summed E-state index contributed by atoms with van der Waals surface area (Å²) in [5.74, 6) is 0. The fraction of sp³-hybridized carbons (Fsp3) is 0.684. The Morgan fingerprint density at radius 3 is 2.76 bits per heavy atom. The van der Waals surface area contributed by atoms with Crippen molar-refractivity contribution in [2.45, 2.75) is 69.6 Å². The molecule has 1 unspecified atom stereocenters. The largest absolute Gasteiger partial charge is 0.309 e. The Hall–Kier alpha value is -0.860. The van der Waals surface area contributed by atoms with E-state index in [1.165, 1.54) is 44.1 Å². The lowest BCUT2D eigenvalue weighted by Crippen LogP contribution is -2.57. The molecule has 1 aromatic carbocycles. The number of hydrogen-bond donors (Lipinski definition) is 1. The van der Waals surface area contributed by atoms with Crippen LogP contribution < -0.4 is 5.32 Å². The molecule has 5 atom stereocenters. The molecule has 2 heterocycles. The van der Waals surface area contributed by atoms with E-state index < -0.39 is 0 Å². The van der Waals surface area contributed by atoms with Gasteiger partial charge in [-0.1, -0.05) is 50.1 Å². The molecule has 3 fully saturated rings. The van der Waals surface area contributed by atoms with Crippen LogP contribution in [0.4, 0.5) is 0 Å². The summed E-state index contributed by atoms with van der Waals surface area (Å²) >= 11 is 0. The number of nitrogens with zero attached hydrogens (tertiary/aromatic N) is 1. The lowest BCUT2D eigenvalue weighted by Gasteiger charge is -2.49. The lowest BCUT2D eigenvalue weighted by atomic mass is 9.69. The number of fused-ring (bicyclic) bond motifs is 1. The smallest absolute Gasteiger partial charge is 0.0290 e. The number of hydrogen-bond acceptors (Lipinski definition) is 2. The molecule has 0 amide bonds. The van der Waals surface area contributed by atoms with Crippen LogP contribution in [0.3, 0.4) is 0 Å². The second-order valence-electron chi connectivity index (χ2n) is 7.76. The van der Waals surface area contributed by atoms with Crippen LogP contribution in [0, 0.1) is 5.41 Å². The first-order valence-corrected chi connectivity index (χ1v) is 8.70. The Bertz CT molecular complexity index is 500. The second kappa shape index (κ2) is 5.10. The van der Waals surface area contributed by atoms with Gasteiger partial charge in [0.25, 0.3) is 0 Å². The lowest BCUT2D eigenvalue weighted by molar-refractivity contribution is 0.0175. The number of benzene rings is 1. The number of nitrogens with one attached hydrogen (secondary N) is 1. The van der Waals surface area contributed by atoms with Gasteiger partial charge in [0, 0.05) is 24.2 Å². The molecule has 0 spiro atoms. The molecule has 3 aliphatic rings. The molecule has 2 saturated heterocycles. The minimum atomic E-state index is 0.503. The molecule has 1 saturated carbocycles. The van der Waals surface area contributed by atoms with E-state index >= 15 is 0 Å². The predicted octanol–water partition coefficient (Wildman–Crippen LogP) is 3.22. The maximum absolute atomic E-state index is 4.02. The van der Waals surface area contributed by atoms with E-state index in [4.69, 9.17) is 0 Å². The van der Waals surface area contributed by atoms with Gasteiger partial charge in [-0.05, 0) is 43.7 Å². The highest BCUT2D eigenvalue weighted by atomic mass is 15.3. The van der Waals surface area contributed by atoms with Crippen LogP contribution in [-0.4, -0.2) is 36.1 Å². The van der Waals surface area contributed by atoms with Crippen molar-refractivity contribution in [2.75, 3.05) is 7.05 Å². The molecule has 114 valence electrons. The van der Waals surface area contributed by atoms with Gasteiger partial charge in [0.2, 0.25) is 0 Å². The van der Waals surface area contributed by atoms with Crippen LogP contribution in [0.2, 0.25) is 0 Å². The van der Waals surface area contributed by atoms with Gasteiger partial charge in [-0.3, -0.25) is 4.90 Å². The summed E-state index contributed by atoms with van der Waals surface area (Å²) in [5.41, 5.74) is 1.99. The van der Waals surface area contributed by atoms with Crippen molar-refractivity contribution < 1.29 is 0 Å². The summed E-state index contributed by atoms with van der Waals surface area (Å²) in [6, 6.07) is 13.9. The Morgan fingerprint density at radius 1 is 1.19 bits per heavy atom. The molecule has 2 bridgehead atoms. The molecule has 2 aliphatic heterocycles. The fourth-order valence-electron chi connectivity index (χ4n) is 5.49. The van der Waals surface area contributed by atoms with Crippen molar-refractivity contribution in [3.8, 4) is 0 Å². The molecule has 2 heteroatoms. The molecule has 0 aromatic heterocycles. The summed E-state index contributed by atoms with van der Waals surface area (Å²) in [6.45, 7) is 2.55. The van der Waals surface area contributed by atoms with Crippen LogP contribution in [0.5, 0.6) is 0 Å². The van der Waals surface area contributed by atoms with Crippen LogP contribution in [0.15, 0.2) is 30.3 Å². The van der Waals surface area contributed by atoms with Gasteiger partial charge in [0.05, 0.1) is 0 Å². The van der Waals surface area contributed by atoms with Crippen molar-refractivity contribution in [1.82, 2.24) is 10.2 Å². The van der Waals surface area contributed by atoms with E-state index in [9.17, 15) is 0 Å². The summed E-state index contributed by atoms with van der Waals surface area (Å²) in [5, 5.41) is 4.02. The predicted molar refractivity (Wildman–Crippen MR) is 87.4 cm³/mol. The van der Waals surface area contributed by atoms with Gasteiger partial charge in [0.1, 0.15) is 0 Å². The summed E-state index contributed by atoms with van der Waals surface area (Å²) < 4.78 is 0. The van der Waals surface area contributed by atoms with Gasteiger partial charge in [0.15, 0.2) is 0 Å². The molecule has 21 heavy (non-hydrogen) atoms. The Labute approximate surface area is 128 Å². The fourth-order valence-corrected chi connectivity index (χ4v) is 5.49. The number of piperidine rings is 1. The van der Waals surface area contributed by atoms with Gasteiger partial charge >= 0.3 is 0 Å². The molecule has 1 aromatic rings. The molecule has 4 rings (SSSR count). The summed E-state index contributed by atoms with van der Waals surface area (Å²) in [6.07, 6.45) is 8.16. The van der Waals surface area contributed by atoms with E-state index in [-0.39, 0.29) is 0 Å². The average molecular weight is 284 g/mol. The van der Waals surface area contributed by atoms with Gasteiger partial charge < -0.3 is 5.32 Å². The zero-order valence-electron chi connectivity index (χ0n) is 13.4. The van der Waals surface area contributed by atoms with Crippen LogP contribution in [-0.2, 0) is 6.42 Å². The van der Waals surface area contributed by atoms with Crippen molar-refractivity contribution in [3.63, 3.8) is 0 Å². The zero-order chi connectivity index (χ0) is 14.4. The van der Waals surface area contributed by atoms with Crippen LogP contribution in [0.25, 0.3) is 0 Å². The number of likely N-dealkylation sites (tertiary alicyclic amines) is 1. The maximum Gasteiger partial charge on any atom is 0.0290 e. The second-order valence-corrected chi connectivity index (χ2v) is 7.76. The van der Waals surface area contributed by atoms with E-state index in [1.807, 2.05) is 0 Å². The third kappa shape index (κ3) is 2.15. The maximum atomic E-state index is 4.02. The average Bonchev–Trinajstić information content (AvgIpc) is 2.69. The third-order valence-electron chi connectivity index (χ3n) is 6.62. The SMILES string of the molecule is CN1[C@H](Cc2ccccc2)[C@@H]2C[C@@]3(C)C(CCCC[C@@H]13)N2. The van der Waals surface area contributed by atoms with E-state index in [0.717, 1.165) is 12.1 Å². The first-order chi connectivity index (χ1) is 10.2. The summed E-state index contributed by atoms with van der Waals surface area (Å²) in [7, 11) is 2.39. The Morgan fingerprint density at radius 2 is 1.95 bits per heavy atom. The Kier molecular flexibility index (Phi) is 3.35. The van der Waals surface area contributed by atoms with E-state index in [0.29, 0.717) is 17.5 Å². The highest BCUT2D eigenvalue weighted by Gasteiger charge is 2.56. The zero-order valence-corrected chi connectivity index (χ0v) is 13.4. The summed E-state index contributed by atoms with van der Waals surface area (Å²) in [4.78, 5) is 2.74. The molecule has 1 aliphatic carbocycles. The van der Waals surface area contributed by atoms with Gasteiger partial charge in [-0.15, -0.1) is 0 Å². The first kappa shape index (κ1) is 13.8. The molecule has 2 nitrogen and oxygen atoms in total. The third-order valence-corrected chi connectivity index (χ3v) is 6.62. The van der Waals surface area contributed by atoms with E-state index in [2.05, 4.69) is 54.5 Å². The standard InChI is InChI=1S/C19H28N2/c1-19-13-15-16(12-14-8-4-3-5-9-14)21(2)18(19)11-7-6-10-17(19)20-15/h3-5,8-9,15-18,20H,6-7,10-13H2,1-2H3/t15-,16+,17?,18+,19-/m0/s1. The van der Waals surface area contributed by atoms with E-state index in [1.54, 1.807) is 0 Å². The van der Waals surface area contributed by atoms with Gasteiger partial charge in [-0.25, -0.2) is 0 Å². The molecule has 1 N–H and O–H groups in total. The molecule has 0 radical (unpaired) electrons. The monoisotopic (exact) mass is 284 g/mol. The van der Waals surface area contributed by atoms with Crippen molar-refractivity contribution in [2.24, 2.45) is 5.41 Å². The Balaban J connectivity index is 1.62. The van der Waals surface area contributed by atoms with Crippen LogP contribution in [0.1, 0.15) is 44.6 Å². The molecular weight excluding hydrogens is 256 g/mol. The van der Waals surface area contributed by atoms with Crippen molar-refractivity contribution in [1.29, 1.82) is 0 Å². The van der Waals surface area contributed by atoms with Crippen LogP contribution >= 0.6 is 0 Å². The molecular formula is C19H28N2. The highest BCUT2D eigenvalue weighted by molar-refractivity contribution is 5.20. The normalized spacial score (nSPS) is 42.8. The minimum Gasteiger partial charge on any atom is -0.309 e. The van der Waals surface area contributed by atoms with Crippen molar-refractivity contribution >= 4 is 0 Å². The van der Waals surface area contributed by atoms with Gasteiger partial charge in [-0.2, -0.15) is 0 Å². The minimum absolute atomic E-state index is 0.503.